The van der Waals surface area contributed by atoms with Crippen LogP contribution in [0, 0.1) is 0 Å². The highest BCUT2D eigenvalue weighted by Crippen LogP contribution is 2.28. The molecule has 0 heterocycles. The molecule has 0 radical (unpaired) electrons. The molecule has 2 aromatic carbocycles. The summed E-state index contributed by atoms with van der Waals surface area (Å²) in [6.45, 7) is 2.98. The maximum Gasteiger partial charge on any atom is 0.0437 e. The van der Waals surface area contributed by atoms with Crippen molar-refractivity contribution in [3.63, 3.8) is 0 Å². The maximum atomic E-state index is 6.22. The molecule has 0 aliphatic rings. The van der Waals surface area contributed by atoms with Crippen LogP contribution in [0.15, 0.2) is 53.0 Å². The molecule has 0 aromatic heterocycles. The molecule has 2 aromatic rings. The van der Waals surface area contributed by atoms with Crippen molar-refractivity contribution >= 4 is 21.6 Å². The van der Waals surface area contributed by atoms with Gasteiger partial charge in [-0.25, -0.2) is 0 Å². The van der Waals surface area contributed by atoms with E-state index in [-0.39, 0.29) is 6.04 Å². The van der Waals surface area contributed by atoms with E-state index < -0.39 is 0 Å². The number of hydrogen-bond acceptors (Lipinski definition) is 2. The lowest BCUT2D eigenvalue weighted by Crippen LogP contribution is -2.21. The summed E-state index contributed by atoms with van der Waals surface area (Å²) in [5.74, 6) is 0. The smallest absolute Gasteiger partial charge is 0.0437 e. The Hall–Kier alpha value is -1.32. The predicted molar refractivity (Wildman–Crippen MR) is 89.9 cm³/mol. The molecule has 2 rings (SSSR count). The zero-order chi connectivity index (χ0) is 14.5. The number of para-hydroxylation sites is 1. The third-order valence-electron chi connectivity index (χ3n) is 3.55. The quantitative estimate of drug-likeness (QED) is 0.873. The molecular formula is C17H21BrN2. The van der Waals surface area contributed by atoms with Gasteiger partial charge < -0.3 is 10.6 Å². The number of rotatable bonds is 5. The summed E-state index contributed by atoms with van der Waals surface area (Å²) in [7, 11) is 2.11. The number of hydrogen-bond donors (Lipinski definition) is 1. The van der Waals surface area contributed by atoms with E-state index in [9.17, 15) is 0 Å². The maximum absolute atomic E-state index is 6.22. The van der Waals surface area contributed by atoms with Gasteiger partial charge in [0.05, 0.1) is 0 Å². The van der Waals surface area contributed by atoms with Crippen molar-refractivity contribution in [3.8, 4) is 0 Å². The molecule has 0 bridgehead atoms. The van der Waals surface area contributed by atoms with Crippen LogP contribution >= 0.6 is 15.9 Å². The van der Waals surface area contributed by atoms with Crippen molar-refractivity contribution in [2.45, 2.75) is 25.9 Å². The van der Waals surface area contributed by atoms with Gasteiger partial charge in [-0.2, -0.15) is 0 Å². The van der Waals surface area contributed by atoms with Gasteiger partial charge in [-0.05, 0) is 29.7 Å². The van der Waals surface area contributed by atoms with Crippen molar-refractivity contribution in [1.82, 2.24) is 0 Å². The Bertz CT molecular complexity index is 568. The molecule has 0 aliphatic carbocycles. The first kappa shape index (κ1) is 15.1. The van der Waals surface area contributed by atoms with Crippen LogP contribution in [0.1, 0.15) is 30.5 Å². The largest absolute Gasteiger partial charge is 0.370 e. The fourth-order valence-electron chi connectivity index (χ4n) is 2.34. The topological polar surface area (TPSA) is 29.3 Å². The van der Waals surface area contributed by atoms with Crippen LogP contribution in [0.25, 0.3) is 0 Å². The molecule has 0 amide bonds. The summed E-state index contributed by atoms with van der Waals surface area (Å²) < 4.78 is 1.14. The Morgan fingerprint density at radius 1 is 1.10 bits per heavy atom. The normalized spacial score (nSPS) is 12.2. The Morgan fingerprint density at radius 3 is 2.45 bits per heavy atom. The first-order valence-electron chi connectivity index (χ1n) is 6.92. The van der Waals surface area contributed by atoms with E-state index in [1.807, 2.05) is 6.07 Å². The second-order valence-electron chi connectivity index (χ2n) is 5.02. The third-order valence-corrected chi connectivity index (χ3v) is 4.33. The molecule has 0 saturated carbocycles. The standard InChI is InChI=1S/C17H21BrN2/c1-3-16(19)14-9-5-7-11-17(14)20(2)12-13-8-4-6-10-15(13)18/h4-11,16H,3,12,19H2,1-2H3/t16-/m1/s1. The molecule has 1 atom stereocenters. The first-order valence-corrected chi connectivity index (χ1v) is 7.71. The van der Waals surface area contributed by atoms with Crippen LogP contribution in [0.5, 0.6) is 0 Å². The van der Waals surface area contributed by atoms with Gasteiger partial charge in [0, 0.05) is 29.8 Å². The molecule has 0 saturated heterocycles. The summed E-state index contributed by atoms with van der Waals surface area (Å²) in [5, 5.41) is 0. The Kier molecular flexibility index (Phi) is 5.21. The number of nitrogens with zero attached hydrogens (tertiary/aromatic N) is 1. The average Bonchev–Trinajstić information content (AvgIpc) is 2.48. The number of nitrogens with two attached hydrogens (primary N) is 1. The van der Waals surface area contributed by atoms with Gasteiger partial charge in [0.2, 0.25) is 0 Å². The second kappa shape index (κ2) is 6.91. The molecule has 106 valence electrons. The molecule has 0 aliphatic heterocycles. The van der Waals surface area contributed by atoms with Crippen molar-refractivity contribution in [1.29, 1.82) is 0 Å². The van der Waals surface area contributed by atoms with Crippen LogP contribution < -0.4 is 10.6 Å². The third kappa shape index (κ3) is 3.41. The van der Waals surface area contributed by atoms with Gasteiger partial charge in [0.1, 0.15) is 0 Å². The minimum Gasteiger partial charge on any atom is -0.370 e. The van der Waals surface area contributed by atoms with Gasteiger partial charge in [-0.1, -0.05) is 59.3 Å². The van der Waals surface area contributed by atoms with Crippen LogP contribution in [0.4, 0.5) is 5.69 Å². The first-order chi connectivity index (χ1) is 9.63. The fourth-order valence-corrected chi connectivity index (χ4v) is 2.75. The summed E-state index contributed by atoms with van der Waals surface area (Å²) >= 11 is 3.61. The van der Waals surface area contributed by atoms with Gasteiger partial charge in [0.15, 0.2) is 0 Å². The van der Waals surface area contributed by atoms with E-state index in [0.717, 1.165) is 17.4 Å². The molecule has 2 N–H and O–H groups in total. The zero-order valence-electron chi connectivity index (χ0n) is 12.0. The lowest BCUT2D eigenvalue weighted by Gasteiger charge is -2.25. The van der Waals surface area contributed by atoms with E-state index in [1.54, 1.807) is 0 Å². The summed E-state index contributed by atoms with van der Waals surface area (Å²) in [5.41, 5.74) is 9.91. The lowest BCUT2D eigenvalue weighted by molar-refractivity contribution is 0.694. The van der Waals surface area contributed by atoms with E-state index in [1.165, 1.54) is 16.8 Å². The van der Waals surface area contributed by atoms with Crippen molar-refractivity contribution in [2.24, 2.45) is 5.73 Å². The fraction of sp³-hybridized carbons (Fsp3) is 0.294. The highest BCUT2D eigenvalue weighted by atomic mass is 79.9. The molecule has 20 heavy (non-hydrogen) atoms. The number of anilines is 1. The molecule has 2 nitrogen and oxygen atoms in total. The summed E-state index contributed by atoms with van der Waals surface area (Å²) in [6.07, 6.45) is 0.944. The van der Waals surface area contributed by atoms with Crippen LogP contribution in [-0.4, -0.2) is 7.05 Å². The number of benzene rings is 2. The van der Waals surface area contributed by atoms with E-state index in [4.69, 9.17) is 5.73 Å². The second-order valence-corrected chi connectivity index (χ2v) is 5.88. The van der Waals surface area contributed by atoms with Crippen molar-refractivity contribution in [2.75, 3.05) is 11.9 Å². The Balaban J connectivity index is 2.26. The minimum atomic E-state index is 0.0906. The highest BCUT2D eigenvalue weighted by molar-refractivity contribution is 9.10. The van der Waals surface area contributed by atoms with Gasteiger partial charge in [-0.3, -0.25) is 0 Å². The minimum absolute atomic E-state index is 0.0906. The van der Waals surface area contributed by atoms with Crippen molar-refractivity contribution in [3.05, 3.63) is 64.1 Å². The van der Waals surface area contributed by atoms with Crippen LogP contribution in [-0.2, 0) is 6.54 Å². The molecule has 0 fully saturated rings. The lowest BCUT2D eigenvalue weighted by atomic mass is 10.0. The Morgan fingerprint density at radius 2 is 1.75 bits per heavy atom. The van der Waals surface area contributed by atoms with E-state index in [2.05, 4.69) is 77.3 Å². The van der Waals surface area contributed by atoms with E-state index >= 15 is 0 Å². The highest BCUT2D eigenvalue weighted by Gasteiger charge is 2.13. The van der Waals surface area contributed by atoms with Crippen LogP contribution in [0.2, 0.25) is 0 Å². The SMILES string of the molecule is CC[C@@H](N)c1ccccc1N(C)Cc1ccccc1Br. The zero-order valence-corrected chi connectivity index (χ0v) is 13.6. The van der Waals surface area contributed by atoms with Crippen molar-refractivity contribution < 1.29 is 0 Å². The summed E-state index contributed by atoms with van der Waals surface area (Å²) in [6, 6.07) is 16.8. The van der Waals surface area contributed by atoms with Crippen LogP contribution in [0.3, 0.4) is 0 Å². The number of halogens is 1. The average molecular weight is 333 g/mol. The summed E-state index contributed by atoms with van der Waals surface area (Å²) in [4.78, 5) is 2.25. The van der Waals surface area contributed by atoms with Gasteiger partial charge in [-0.15, -0.1) is 0 Å². The molecule has 0 unspecified atom stereocenters. The van der Waals surface area contributed by atoms with Gasteiger partial charge in [0.25, 0.3) is 0 Å². The van der Waals surface area contributed by atoms with Gasteiger partial charge >= 0.3 is 0 Å². The predicted octanol–water partition coefficient (Wildman–Crippen LogP) is 4.50. The molecular weight excluding hydrogens is 312 g/mol. The molecule has 3 heteroatoms. The van der Waals surface area contributed by atoms with E-state index in [0.29, 0.717) is 0 Å². The monoisotopic (exact) mass is 332 g/mol. The Labute approximate surface area is 129 Å². The molecule has 0 spiro atoms.